The second-order valence-electron chi connectivity index (χ2n) is 9.90. The average Bonchev–Trinajstić information content (AvgIpc) is 2.82. The number of hydrogen-bond acceptors (Lipinski definition) is 6. The number of carbonyl (C=O) groups excluding carboxylic acids is 3. The van der Waals surface area contributed by atoms with Gasteiger partial charge in [0.1, 0.15) is 11.6 Å². The summed E-state index contributed by atoms with van der Waals surface area (Å²) in [5, 5.41) is 6.39. The number of dihydropyridines is 1. The van der Waals surface area contributed by atoms with Crippen LogP contribution < -0.4 is 10.6 Å². The zero-order valence-electron chi connectivity index (χ0n) is 22.0. The van der Waals surface area contributed by atoms with Crippen LogP contribution in [-0.2, 0) is 30.3 Å². The van der Waals surface area contributed by atoms with Gasteiger partial charge in [-0.25, -0.2) is 9.59 Å². The van der Waals surface area contributed by atoms with Crippen molar-refractivity contribution < 1.29 is 23.9 Å². The molecule has 1 aliphatic heterocycles. The van der Waals surface area contributed by atoms with Crippen LogP contribution in [0.3, 0.4) is 0 Å². The monoisotopic (exact) mass is 524 g/mol. The Balaban J connectivity index is 2.05. The second-order valence-corrected chi connectivity index (χ2v) is 10.3. The SMILES string of the molecule is COC(=O)C1=C(C)NC(C)=C(C(=O)NC(Cc2ccccc2)C(=O)OC(C)(C)C)C1c1ccccc1Cl. The molecule has 1 heterocycles. The normalized spacial score (nSPS) is 16.6. The molecule has 0 radical (unpaired) electrons. The Kier molecular flexibility index (Phi) is 8.81. The maximum Gasteiger partial charge on any atom is 0.336 e. The number of ether oxygens (including phenoxy) is 2. The van der Waals surface area contributed by atoms with Gasteiger partial charge in [0.2, 0.25) is 0 Å². The molecule has 1 aliphatic rings. The van der Waals surface area contributed by atoms with Gasteiger partial charge in [-0.2, -0.15) is 0 Å². The van der Waals surface area contributed by atoms with E-state index in [0.29, 0.717) is 22.0 Å². The number of allylic oxidation sites excluding steroid dienone is 2. The Morgan fingerprint density at radius 2 is 1.57 bits per heavy atom. The molecule has 3 rings (SSSR count). The minimum atomic E-state index is -0.963. The van der Waals surface area contributed by atoms with Gasteiger partial charge in [0.15, 0.2) is 0 Å². The zero-order valence-corrected chi connectivity index (χ0v) is 22.7. The molecule has 0 fully saturated rings. The van der Waals surface area contributed by atoms with E-state index in [-0.39, 0.29) is 17.6 Å². The fourth-order valence-electron chi connectivity index (χ4n) is 4.35. The summed E-state index contributed by atoms with van der Waals surface area (Å²) in [5.74, 6) is -2.46. The highest BCUT2D eigenvalue weighted by molar-refractivity contribution is 6.31. The topological polar surface area (TPSA) is 93.7 Å². The number of hydrogen-bond donors (Lipinski definition) is 2. The van der Waals surface area contributed by atoms with E-state index in [4.69, 9.17) is 21.1 Å². The molecule has 2 atom stereocenters. The van der Waals surface area contributed by atoms with Gasteiger partial charge in [0, 0.05) is 28.4 Å². The van der Waals surface area contributed by atoms with Crippen molar-refractivity contribution in [3.8, 4) is 0 Å². The van der Waals surface area contributed by atoms with Gasteiger partial charge in [0.25, 0.3) is 5.91 Å². The molecule has 196 valence electrons. The Morgan fingerprint density at radius 1 is 0.973 bits per heavy atom. The molecule has 0 bridgehead atoms. The van der Waals surface area contributed by atoms with E-state index < -0.39 is 35.4 Å². The van der Waals surface area contributed by atoms with Crippen LogP contribution in [0.4, 0.5) is 0 Å². The summed E-state index contributed by atoms with van der Waals surface area (Å²) in [6.07, 6.45) is 0.233. The molecule has 0 saturated carbocycles. The van der Waals surface area contributed by atoms with Crippen LogP contribution in [0.1, 0.15) is 51.7 Å². The number of amides is 1. The molecule has 0 aromatic heterocycles. The molecule has 2 aromatic carbocycles. The highest BCUT2D eigenvalue weighted by Crippen LogP contribution is 2.41. The standard InChI is InChI=1S/C29H33ClN2O5/c1-17-23(25(20-14-10-11-15-21(20)30)24(18(2)31-17)28(35)36-6)26(33)32-22(27(34)37-29(3,4)5)16-19-12-8-7-9-13-19/h7-15,22,25,31H,16H2,1-6H3,(H,32,33). The lowest BCUT2D eigenvalue weighted by Crippen LogP contribution is -2.47. The summed E-state index contributed by atoms with van der Waals surface area (Å²) in [6.45, 7) is 8.80. The molecule has 0 saturated heterocycles. The van der Waals surface area contributed by atoms with E-state index in [2.05, 4.69) is 10.6 Å². The fourth-order valence-corrected chi connectivity index (χ4v) is 4.59. The molecule has 8 heteroatoms. The maximum atomic E-state index is 13.9. The summed E-state index contributed by atoms with van der Waals surface area (Å²) >= 11 is 6.55. The van der Waals surface area contributed by atoms with Crippen LogP contribution in [0, 0.1) is 0 Å². The lowest BCUT2D eigenvalue weighted by molar-refractivity contribution is -0.158. The van der Waals surface area contributed by atoms with E-state index >= 15 is 0 Å². The Morgan fingerprint density at radius 3 is 2.16 bits per heavy atom. The predicted octanol–water partition coefficient (Wildman–Crippen LogP) is 4.82. The fraction of sp³-hybridized carbons (Fsp3) is 0.345. The first-order valence-corrected chi connectivity index (χ1v) is 12.4. The highest BCUT2D eigenvalue weighted by Gasteiger charge is 2.39. The Hall–Kier alpha value is -3.58. The quantitative estimate of drug-likeness (QED) is 0.504. The van der Waals surface area contributed by atoms with Crippen LogP contribution >= 0.6 is 11.6 Å². The van der Waals surface area contributed by atoms with Crippen molar-refractivity contribution in [1.82, 2.24) is 10.6 Å². The number of benzene rings is 2. The molecule has 37 heavy (non-hydrogen) atoms. The van der Waals surface area contributed by atoms with Crippen LogP contribution in [0.25, 0.3) is 0 Å². The molecular formula is C29H33ClN2O5. The van der Waals surface area contributed by atoms with Crippen LogP contribution in [0.5, 0.6) is 0 Å². The van der Waals surface area contributed by atoms with E-state index in [1.807, 2.05) is 30.3 Å². The van der Waals surface area contributed by atoms with Gasteiger partial charge in [0.05, 0.1) is 18.6 Å². The highest BCUT2D eigenvalue weighted by atomic mass is 35.5. The van der Waals surface area contributed by atoms with Crippen molar-refractivity contribution in [3.05, 3.63) is 93.3 Å². The number of nitrogens with one attached hydrogen (secondary N) is 2. The zero-order chi connectivity index (χ0) is 27.3. The summed E-state index contributed by atoms with van der Waals surface area (Å²) < 4.78 is 10.7. The van der Waals surface area contributed by atoms with E-state index in [1.54, 1.807) is 58.9 Å². The molecule has 0 aliphatic carbocycles. The summed E-state index contributed by atoms with van der Waals surface area (Å²) in [7, 11) is 1.29. The maximum absolute atomic E-state index is 13.9. The Bertz CT molecular complexity index is 1240. The molecule has 7 nitrogen and oxygen atoms in total. The van der Waals surface area contributed by atoms with E-state index in [1.165, 1.54) is 7.11 Å². The van der Waals surface area contributed by atoms with Gasteiger partial charge in [-0.3, -0.25) is 4.79 Å². The minimum absolute atomic E-state index is 0.233. The van der Waals surface area contributed by atoms with Gasteiger partial charge in [-0.1, -0.05) is 60.1 Å². The van der Waals surface area contributed by atoms with E-state index in [0.717, 1.165) is 5.56 Å². The molecule has 2 unspecified atom stereocenters. The van der Waals surface area contributed by atoms with Crippen molar-refractivity contribution in [3.63, 3.8) is 0 Å². The number of esters is 2. The average molecular weight is 525 g/mol. The van der Waals surface area contributed by atoms with Crippen molar-refractivity contribution in [2.24, 2.45) is 0 Å². The summed E-state index contributed by atoms with van der Waals surface area (Å²) in [5.41, 5.74) is 2.32. The smallest absolute Gasteiger partial charge is 0.336 e. The van der Waals surface area contributed by atoms with E-state index in [9.17, 15) is 14.4 Å². The van der Waals surface area contributed by atoms with Crippen LogP contribution in [0.2, 0.25) is 5.02 Å². The number of rotatable bonds is 7. The molecule has 2 N–H and O–H groups in total. The third-order valence-corrected chi connectivity index (χ3v) is 6.25. The number of methoxy groups -OCH3 is 1. The van der Waals surface area contributed by atoms with Gasteiger partial charge >= 0.3 is 11.9 Å². The van der Waals surface area contributed by atoms with Gasteiger partial charge < -0.3 is 20.1 Å². The predicted molar refractivity (Wildman–Crippen MR) is 143 cm³/mol. The first kappa shape index (κ1) is 28.0. The third kappa shape index (κ3) is 6.80. The molecule has 1 amide bonds. The van der Waals surface area contributed by atoms with Gasteiger partial charge in [-0.05, 0) is 51.8 Å². The summed E-state index contributed by atoms with van der Waals surface area (Å²) in [4.78, 5) is 40.0. The van der Waals surface area contributed by atoms with Crippen molar-refractivity contribution in [2.45, 2.75) is 58.6 Å². The second kappa shape index (κ2) is 11.6. The van der Waals surface area contributed by atoms with Crippen molar-refractivity contribution in [1.29, 1.82) is 0 Å². The molecule has 0 spiro atoms. The lowest BCUT2D eigenvalue weighted by Gasteiger charge is -2.32. The first-order chi connectivity index (χ1) is 17.4. The van der Waals surface area contributed by atoms with Crippen molar-refractivity contribution >= 4 is 29.4 Å². The van der Waals surface area contributed by atoms with Gasteiger partial charge in [-0.15, -0.1) is 0 Å². The molecule has 2 aromatic rings. The van der Waals surface area contributed by atoms with Crippen LogP contribution in [0.15, 0.2) is 77.1 Å². The third-order valence-electron chi connectivity index (χ3n) is 5.91. The first-order valence-electron chi connectivity index (χ1n) is 12.0. The minimum Gasteiger partial charge on any atom is -0.466 e. The number of halogens is 1. The Labute approximate surface area is 222 Å². The van der Waals surface area contributed by atoms with Crippen LogP contribution in [-0.4, -0.2) is 36.6 Å². The molecular weight excluding hydrogens is 492 g/mol. The lowest BCUT2D eigenvalue weighted by atomic mass is 9.80. The number of carbonyl (C=O) groups is 3. The summed E-state index contributed by atoms with van der Waals surface area (Å²) in [6, 6.07) is 15.4. The largest absolute Gasteiger partial charge is 0.466 e. The van der Waals surface area contributed by atoms with Crippen molar-refractivity contribution in [2.75, 3.05) is 7.11 Å².